The summed E-state index contributed by atoms with van der Waals surface area (Å²) < 4.78 is 1.76. The lowest BCUT2D eigenvalue weighted by atomic mass is 9.81. The highest BCUT2D eigenvalue weighted by atomic mass is 16.1. The number of nitrogens with zero attached hydrogens (tertiary/aromatic N) is 2. The fraction of sp³-hybridized carbons (Fsp3) is 0.444. The molecule has 1 aromatic carbocycles. The molecular weight excluding hydrogens is 288 g/mol. The van der Waals surface area contributed by atoms with Gasteiger partial charge in [-0.1, -0.05) is 25.1 Å². The van der Waals surface area contributed by atoms with Crippen LogP contribution in [0.15, 0.2) is 36.5 Å². The third-order valence-electron chi connectivity index (χ3n) is 4.65. The maximum absolute atomic E-state index is 12.5. The minimum atomic E-state index is -0.0376. The largest absolute Gasteiger partial charge is 0.351 e. The Labute approximate surface area is 137 Å². The predicted molar refractivity (Wildman–Crippen MR) is 90.8 cm³/mol. The minimum absolute atomic E-state index is 0.0376. The molecule has 0 atom stereocenters. The number of amides is 1. The summed E-state index contributed by atoms with van der Waals surface area (Å²) in [4.78, 5) is 12.5. The number of para-hydroxylation sites is 1. The quantitative estimate of drug-likeness (QED) is 0.911. The van der Waals surface area contributed by atoms with Crippen LogP contribution in [0.4, 0.5) is 0 Å². The van der Waals surface area contributed by atoms with Crippen LogP contribution in [0.2, 0.25) is 0 Å². The molecule has 122 valence electrons. The fourth-order valence-corrected chi connectivity index (χ4v) is 2.99. The van der Waals surface area contributed by atoms with E-state index >= 15 is 0 Å². The Morgan fingerprint density at radius 1 is 1.30 bits per heavy atom. The van der Waals surface area contributed by atoms with E-state index in [2.05, 4.69) is 22.7 Å². The van der Waals surface area contributed by atoms with E-state index < -0.39 is 0 Å². The van der Waals surface area contributed by atoms with Gasteiger partial charge in [0.15, 0.2) is 0 Å². The Balaban J connectivity index is 1.69. The Bertz CT molecular complexity index is 672. The molecule has 1 aromatic heterocycles. The van der Waals surface area contributed by atoms with Crippen LogP contribution in [-0.2, 0) is 0 Å². The van der Waals surface area contributed by atoms with E-state index in [1.165, 1.54) is 0 Å². The van der Waals surface area contributed by atoms with Crippen LogP contribution in [0.1, 0.15) is 35.8 Å². The van der Waals surface area contributed by atoms with E-state index in [1.807, 2.05) is 43.5 Å². The predicted octanol–water partition coefficient (Wildman–Crippen LogP) is 2.30. The third-order valence-corrected chi connectivity index (χ3v) is 4.65. The summed E-state index contributed by atoms with van der Waals surface area (Å²) in [6, 6.07) is 9.84. The summed E-state index contributed by atoms with van der Waals surface area (Å²) in [5.41, 5.74) is 2.54. The van der Waals surface area contributed by atoms with Crippen LogP contribution >= 0.6 is 0 Å². The number of piperidine rings is 1. The number of nitrogens with one attached hydrogen (secondary N) is 2. The molecule has 1 saturated heterocycles. The minimum Gasteiger partial charge on any atom is -0.351 e. The Morgan fingerprint density at radius 3 is 2.70 bits per heavy atom. The van der Waals surface area contributed by atoms with E-state index in [-0.39, 0.29) is 11.3 Å². The molecule has 2 aromatic rings. The number of hydrogen-bond donors (Lipinski definition) is 2. The van der Waals surface area contributed by atoms with E-state index in [0.29, 0.717) is 12.1 Å². The van der Waals surface area contributed by atoms with Gasteiger partial charge in [-0.2, -0.15) is 5.10 Å². The first-order valence-corrected chi connectivity index (χ1v) is 8.18. The molecule has 23 heavy (non-hydrogen) atoms. The molecule has 1 amide bonds. The van der Waals surface area contributed by atoms with Gasteiger partial charge in [-0.25, -0.2) is 4.68 Å². The van der Waals surface area contributed by atoms with Crippen molar-refractivity contribution < 1.29 is 4.79 Å². The number of aryl methyl sites for hydroxylation is 1. The molecule has 0 saturated carbocycles. The van der Waals surface area contributed by atoms with Crippen molar-refractivity contribution in [2.45, 2.75) is 26.7 Å². The van der Waals surface area contributed by atoms with E-state index in [4.69, 9.17) is 0 Å². The van der Waals surface area contributed by atoms with Crippen molar-refractivity contribution in [3.05, 3.63) is 47.8 Å². The topological polar surface area (TPSA) is 59.0 Å². The summed E-state index contributed by atoms with van der Waals surface area (Å²) >= 11 is 0. The number of carbonyl (C=O) groups excluding carboxylic acids is 1. The molecule has 1 fully saturated rings. The van der Waals surface area contributed by atoms with Gasteiger partial charge in [-0.15, -0.1) is 0 Å². The molecule has 3 rings (SSSR count). The molecule has 0 spiro atoms. The van der Waals surface area contributed by atoms with Gasteiger partial charge < -0.3 is 10.6 Å². The summed E-state index contributed by atoms with van der Waals surface area (Å²) in [5.74, 6) is -0.0376. The van der Waals surface area contributed by atoms with Crippen LogP contribution < -0.4 is 10.6 Å². The lowest BCUT2D eigenvalue weighted by molar-refractivity contribution is 0.0921. The molecule has 0 aliphatic carbocycles. The average molecular weight is 312 g/mol. The zero-order valence-electron chi connectivity index (χ0n) is 13.8. The smallest absolute Gasteiger partial charge is 0.254 e. The molecule has 0 radical (unpaired) electrons. The molecule has 2 heterocycles. The highest BCUT2D eigenvalue weighted by molar-refractivity contribution is 5.95. The van der Waals surface area contributed by atoms with Gasteiger partial charge in [0, 0.05) is 12.7 Å². The second-order valence-corrected chi connectivity index (χ2v) is 6.65. The first kappa shape index (κ1) is 15.7. The van der Waals surface area contributed by atoms with E-state index in [9.17, 15) is 4.79 Å². The van der Waals surface area contributed by atoms with Crippen molar-refractivity contribution >= 4 is 5.91 Å². The van der Waals surface area contributed by atoms with Crippen molar-refractivity contribution in [3.63, 3.8) is 0 Å². The highest BCUT2D eigenvalue weighted by Crippen LogP contribution is 2.26. The standard InChI is InChI=1S/C18H24N4O/c1-14-16(12-22(21-14)15-6-4-3-5-7-15)17(23)20-13-18(2)8-10-19-11-9-18/h3-7,12,19H,8-11,13H2,1-2H3,(H,20,23). The fourth-order valence-electron chi connectivity index (χ4n) is 2.99. The Morgan fingerprint density at radius 2 is 2.00 bits per heavy atom. The zero-order valence-corrected chi connectivity index (χ0v) is 13.8. The molecule has 0 unspecified atom stereocenters. The molecule has 2 N–H and O–H groups in total. The van der Waals surface area contributed by atoms with Crippen LogP contribution in [0.5, 0.6) is 0 Å². The van der Waals surface area contributed by atoms with Gasteiger partial charge in [-0.05, 0) is 50.4 Å². The van der Waals surface area contributed by atoms with Gasteiger partial charge >= 0.3 is 0 Å². The third kappa shape index (κ3) is 3.62. The molecule has 1 aliphatic heterocycles. The monoisotopic (exact) mass is 312 g/mol. The van der Waals surface area contributed by atoms with E-state index in [1.54, 1.807) is 4.68 Å². The second kappa shape index (κ2) is 6.54. The Kier molecular flexibility index (Phi) is 4.48. The van der Waals surface area contributed by atoms with Crippen LogP contribution in [0, 0.1) is 12.3 Å². The number of hydrogen-bond acceptors (Lipinski definition) is 3. The molecular formula is C18H24N4O. The van der Waals surface area contributed by atoms with Gasteiger partial charge in [0.1, 0.15) is 0 Å². The van der Waals surface area contributed by atoms with Gasteiger partial charge in [0.25, 0.3) is 5.91 Å². The van der Waals surface area contributed by atoms with Crippen molar-refractivity contribution in [1.82, 2.24) is 20.4 Å². The maximum Gasteiger partial charge on any atom is 0.254 e. The SMILES string of the molecule is Cc1nn(-c2ccccc2)cc1C(=O)NCC1(C)CCNCC1. The zero-order chi connectivity index (χ0) is 16.3. The molecule has 0 bridgehead atoms. The van der Waals surface area contributed by atoms with Crippen molar-refractivity contribution in [3.8, 4) is 5.69 Å². The number of rotatable bonds is 4. The van der Waals surface area contributed by atoms with Crippen molar-refractivity contribution in [1.29, 1.82) is 0 Å². The summed E-state index contributed by atoms with van der Waals surface area (Å²) in [7, 11) is 0. The average Bonchev–Trinajstić information content (AvgIpc) is 2.96. The Hall–Kier alpha value is -2.14. The first-order chi connectivity index (χ1) is 11.1. The van der Waals surface area contributed by atoms with Crippen LogP contribution in [0.25, 0.3) is 5.69 Å². The summed E-state index contributed by atoms with van der Waals surface area (Å²) in [6.45, 7) is 6.88. The lowest BCUT2D eigenvalue weighted by Gasteiger charge is -2.34. The molecule has 5 heteroatoms. The lowest BCUT2D eigenvalue weighted by Crippen LogP contribution is -2.42. The first-order valence-electron chi connectivity index (χ1n) is 8.18. The van der Waals surface area contributed by atoms with Gasteiger partial charge in [-0.3, -0.25) is 4.79 Å². The highest BCUT2D eigenvalue weighted by Gasteiger charge is 2.27. The van der Waals surface area contributed by atoms with Gasteiger partial charge in [0.2, 0.25) is 0 Å². The van der Waals surface area contributed by atoms with Crippen molar-refractivity contribution in [2.24, 2.45) is 5.41 Å². The molecule has 1 aliphatic rings. The normalized spacial score (nSPS) is 17.0. The van der Waals surface area contributed by atoms with E-state index in [0.717, 1.165) is 37.3 Å². The van der Waals surface area contributed by atoms with Crippen LogP contribution in [0.3, 0.4) is 0 Å². The van der Waals surface area contributed by atoms with Crippen LogP contribution in [-0.4, -0.2) is 35.3 Å². The summed E-state index contributed by atoms with van der Waals surface area (Å²) in [6.07, 6.45) is 4.00. The number of benzene rings is 1. The molecule has 5 nitrogen and oxygen atoms in total. The summed E-state index contributed by atoms with van der Waals surface area (Å²) in [5, 5.41) is 10.9. The van der Waals surface area contributed by atoms with Gasteiger partial charge in [0.05, 0.1) is 16.9 Å². The number of carbonyl (C=O) groups is 1. The van der Waals surface area contributed by atoms with Crippen molar-refractivity contribution in [2.75, 3.05) is 19.6 Å². The second-order valence-electron chi connectivity index (χ2n) is 6.65. The maximum atomic E-state index is 12.5. The number of aromatic nitrogens is 2.